The molecule has 0 bridgehead atoms. The zero-order valence-electron chi connectivity index (χ0n) is 15.4. The molecule has 2 aromatic rings. The van der Waals surface area contributed by atoms with E-state index in [1.807, 2.05) is 27.7 Å². The van der Waals surface area contributed by atoms with E-state index in [9.17, 15) is 20.7 Å². The zero-order chi connectivity index (χ0) is 19.4. The minimum atomic E-state index is -0.0102. The molecular formula is C21H22N2O3. The Bertz CT molecular complexity index is 875. The molecule has 26 heavy (non-hydrogen) atoms. The van der Waals surface area contributed by atoms with Crippen LogP contribution in [0.4, 0.5) is 0 Å². The second-order valence-electron chi connectivity index (χ2n) is 6.29. The van der Waals surface area contributed by atoms with Crippen molar-refractivity contribution in [3.8, 4) is 35.1 Å². The predicted octanol–water partition coefficient (Wildman–Crippen LogP) is 4.88. The SMILES string of the molecule is CCc1c(O)c(CC)c(C#N)c(Oc2ccc(O)c(C(C)C)c2)c1C#N. The Kier molecular flexibility index (Phi) is 5.75. The van der Waals surface area contributed by atoms with Gasteiger partial charge in [0.25, 0.3) is 0 Å². The average molecular weight is 350 g/mol. The average Bonchev–Trinajstić information content (AvgIpc) is 2.63. The van der Waals surface area contributed by atoms with Gasteiger partial charge in [-0.05, 0) is 37.0 Å². The van der Waals surface area contributed by atoms with Gasteiger partial charge in [0.1, 0.15) is 40.5 Å². The van der Waals surface area contributed by atoms with Crippen LogP contribution in [0.15, 0.2) is 18.2 Å². The summed E-state index contributed by atoms with van der Waals surface area (Å²) in [6.45, 7) is 7.57. The van der Waals surface area contributed by atoms with E-state index in [4.69, 9.17) is 4.74 Å². The third kappa shape index (κ3) is 3.30. The first kappa shape index (κ1) is 19.1. The number of hydrogen-bond donors (Lipinski definition) is 2. The summed E-state index contributed by atoms with van der Waals surface area (Å²) >= 11 is 0. The third-order valence-corrected chi connectivity index (χ3v) is 4.40. The topological polar surface area (TPSA) is 97.3 Å². The van der Waals surface area contributed by atoms with Crippen LogP contribution in [0.25, 0.3) is 0 Å². The fourth-order valence-corrected chi connectivity index (χ4v) is 3.02. The number of rotatable bonds is 5. The Hall–Kier alpha value is -3.18. The van der Waals surface area contributed by atoms with Crippen LogP contribution in [0.1, 0.15) is 61.4 Å². The van der Waals surface area contributed by atoms with Crippen molar-refractivity contribution >= 4 is 0 Å². The smallest absolute Gasteiger partial charge is 0.163 e. The molecule has 5 nitrogen and oxygen atoms in total. The lowest BCUT2D eigenvalue weighted by atomic mass is 9.93. The Balaban J connectivity index is 2.72. The third-order valence-electron chi connectivity index (χ3n) is 4.40. The summed E-state index contributed by atoms with van der Waals surface area (Å²) in [7, 11) is 0. The number of benzene rings is 2. The number of hydrogen-bond acceptors (Lipinski definition) is 5. The van der Waals surface area contributed by atoms with Gasteiger partial charge in [-0.25, -0.2) is 0 Å². The van der Waals surface area contributed by atoms with Gasteiger partial charge >= 0.3 is 0 Å². The van der Waals surface area contributed by atoms with Crippen LogP contribution in [0.3, 0.4) is 0 Å². The minimum absolute atomic E-state index is 0.0102. The van der Waals surface area contributed by atoms with Gasteiger partial charge in [0.05, 0.1) is 0 Å². The summed E-state index contributed by atoms with van der Waals surface area (Å²) in [6, 6.07) is 8.96. The molecule has 0 amide bonds. The highest BCUT2D eigenvalue weighted by Gasteiger charge is 2.24. The van der Waals surface area contributed by atoms with Crippen LogP contribution in [0, 0.1) is 22.7 Å². The van der Waals surface area contributed by atoms with Crippen molar-refractivity contribution < 1.29 is 14.9 Å². The molecule has 134 valence electrons. The summed E-state index contributed by atoms with van der Waals surface area (Å²) in [4.78, 5) is 0. The molecule has 2 rings (SSSR count). The second-order valence-corrected chi connectivity index (χ2v) is 6.29. The quantitative estimate of drug-likeness (QED) is 0.801. The van der Waals surface area contributed by atoms with Gasteiger partial charge in [0.15, 0.2) is 5.75 Å². The van der Waals surface area contributed by atoms with E-state index < -0.39 is 0 Å². The van der Waals surface area contributed by atoms with Gasteiger partial charge in [-0.1, -0.05) is 27.7 Å². The highest BCUT2D eigenvalue weighted by Crippen LogP contribution is 2.41. The molecule has 0 unspecified atom stereocenters. The maximum atomic E-state index is 10.5. The number of phenols is 2. The van der Waals surface area contributed by atoms with Gasteiger partial charge in [-0.15, -0.1) is 0 Å². The number of nitrogens with zero attached hydrogens (tertiary/aromatic N) is 2. The second kappa shape index (κ2) is 7.80. The molecule has 2 N–H and O–H groups in total. The molecule has 0 aromatic heterocycles. The molecule has 0 saturated carbocycles. The zero-order valence-corrected chi connectivity index (χ0v) is 15.4. The lowest BCUT2D eigenvalue weighted by Gasteiger charge is -2.18. The summed E-state index contributed by atoms with van der Waals surface area (Å²) < 4.78 is 5.94. The highest BCUT2D eigenvalue weighted by molar-refractivity contribution is 5.67. The lowest BCUT2D eigenvalue weighted by Crippen LogP contribution is -2.03. The number of ether oxygens (including phenoxy) is 1. The van der Waals surface area contributed by atoms with E-state index in [2.05, 4.69) is 12.1 Å². The first-order chi connectivity index (χ1) is 12.4. The summed E-state index contributed by atoms with van der Waals surface area (Å²) in [5.74, 6) is 0.824. The van der Waals surface area contributed by atoms with Crippen molar-refractivity contribution in [2.75, 3.05) is 0 Å². The lowest BCUT2D eigenvalue weighted by molar-refractivity contribution is 0.445. The van der Waals surface area contributed by atoms with Crippen LogP contribution < -0.4 is 4.74 Å². The predicted molar refractivity (Wildman–Crippen MR) is 98.6 cm³/mol. The molecule has 0 aliphatic heterocycles. The summed E-state index contributed by atoms with van der Waals surface area (Å²) in [6.07, 6.45) is 0.882. The summed E-state index contributed by atoms with van der Waals surface area (Å²) in [5, 5.41) is 39.7. The van der Waals surface area contributed by atoms with Crippen molar-refractivity contribution in [3.05, 3.63) is 46.0 Å². The Morgan fingerprint density at radius 2 is 1.54 bits per heavy atom. The molecule has 0 aliphatic carbocycles. The maximum Gasteiger partial charge on any atom is 0.163 e. The van der Waals surface area contributed by atoms with Crippen molar-refractivity contribution in [1.82, 2.24) is 0 Å². The molecule has 0 aliphatic rings. The Morgan fingerprint density at radius 1 is 1.00 bits per heavy atom. The molecule has 0 radical (unpaired) electrons. The van der Waals surface area contributed by atoms with Crippen LogP contribution >= 0.6 is 0 Å². The fourth-order valence-electron chi connectivity index (χ4n) is 3.02. The molecule has 0 spiro atoms. The standard InChI is InChI=1S/C21H22N2O3/c1-5-14-17(10-22)21(18(11-23)15(6-2)20(14)25)26-13-7-8-19(24)16(9-13)12(3)4/h7-9,12,24-25H,5-6H2,1-4H3. The van der Waals surface area contributed by atoms with E-state index >= 15 is 0 Å². The molecule has 5 heteroatoms. The number of nitriles is 2. The fraction of sp³-hybridized carbons (Fsp3) is 0.333. The number of phenolic OH excluding ortho intramolecular Hbond substituents is 2. The van der Waals surface area contributed by atoms with Gasteiger partial charge in [0.2, 0.25) is 0 Å². The van der Waals surface area contributed by atoms with Crippen molar-refractivity contribution in [2.24, 2.45) is 0 Å². The van der Waals surface area contributed by atoms with Gasteiger partial charge in [-0.3, -0.25) is 0 Å². The largest absolute Gasteiger partial charge is 0.508 e. The van der Waals surface area contributed by atoms with E-state index in [0.717, 1.165) is 0 Å². The van der Waals surface area contributed by atoms with E-state index in [-0.39, 0.29) is 34.3 Å². The van der Waals surface area contributed by atoms with Crippen LogP contribution in [-0.4, -0.2) is 10.2 Å². The maximum absolute atomic E-state index is 10.5. The Morgan fingerprint density at radius 3 is 1.96 bits per heavy atom. The van der Waals surface area contributed by atoms with Crippen molar-refractivity contribution in [3.63, 3.8) is 0 Å². The van der Waals surface area contributed by atoms with Crippen molar-refractivity contribution in [1.29, 1.82) is 10.5 Å². The molecule has 2 aromatic carbocycles. The van der Waals surface area contributed by atoms with Gasteiger partial charge < -0.3 is 14.9 Å². The first-order valence-electron chi connectivity index (χ1n) is 8.61. The molecular weight excluding hydrogens is 328 g/mol. The van der Waals surface area contributed by atoms with Gasteiger partial charge in [-0.2, -0.15) is 10.5 Å². The van der Waals surface area contributed by atoms with E-state index in [1.54, 1.807) is 12.1 Å². The van der Waals surface area contributed by atoms with E-state index in [0.29, 0.717) is 35.3 Å². The highest BCUT2D eigenvalue weighted by atomic mass is 16.5. The monoisotopic (exact) mass is 350 g/mol. The van der Waals surface area contributed by atoms with Crippen LogP contribution in [0.2, 0.25) is 0 Å². The van der Waals surface area contributed by atoms with Crippen LogP contribution in [0.5, 0.6) is 23.0 Å². The normalized spacial score (nSPS) is 10.4. The minimum Gasteiger partial charge on any atom is -0.508 e. The molecule has 0 atom stereocenters. The molecule has 0 saturated heterocycles. The van der Waals surface area contributed by atoms with Crippen molar-refractivity contribution in [2.45, 2.75) is 46.5 Å². The van der Waals surface area contributed by atoms with Crippen LogP contribution in [-0.2, 0) is 12.8 Å². The number of aromatic hydroxyl groups is 2. The van der Waals surface area contributed by atoms with Gasteiger partial charge in [0, 0.05) is 16.7 Å². The first-order valence-corrected chi connectivity index (χ1v) is 8.61. The molecule has 0 fully saturated rings. The molecule has 0 heterocycles. The Labute approximate surface area is 153 Å². The summed E-state index contributed by atoms with van der Waals surface area (Å²) in [5.41, 5.74) is 1.99. The van der Waals surface area contributed by atoms with E-state index in [1.165, 1.54) is 6.07 Å².